The Balaban J connectivity index is 2.98. The summed E-state index contributed by atoms with van der Waals surface area (Å²) in [5, 5.41) is 0. The lowest BCUT2D eigenvalue weighted by Crippen LogP contribution is -2.15. The van der Waals surface area contributed by atoms with Gasteiger partial charge in [0.05, 0.1) is 106 Å². The third-order valence-electron chi connectivity index (χ3n) is 3.67. The molecule has 0 amide bonds. The van der Waals surface area contributed by atoms with Gasteiger partial charge in [0.2, 0.25) is 0 Å². The zero-order chi connectivity index (χ0) is 22.5. The first-order chi connectivity index (χ1) is 15.4. The summed E-state index contributed by atoms with van der Waals surface area (Å²) in [4.78, 5) is 0. The quantitative estimate of drug-likeness (QED) is 0.165. The minimum atomic E-state index is 0.542. The predicted octanol–water partition coefficient (Wildman–Crippen LogP) is 1.96. The van der Waals surface area contributed by atoms with E-state index in [4.69, 9.17) is 42.6 Å². The molecule has 0 spiro atoms. The van der Waals surface area contributed by atoms with Gasteiger partial charge in [0, 0.05) is 13.2 Å². The Labute approximate surface area is 188 Å². The van der Waals surface area contributed by atoms with Gasteiger partial charge in [0.15, 0.2) is 0 Å². The molecule has 0 aliphatic carbocycles. The molecule has 0 aliphatic heterocycles. The molecule has 0 bridgehead atoms. The predicted molar refractivity (Wildman–Crippen MR) is 118 cm³/mol. The minimum Gasteiger partial charge on any atom is -0.379 e. The van der Waals surface area contributed by atoms with Crippen LogP contribution in [0.15, 0.2) is 0 Å². The number of hydrogen-bond acceptors (Lipinski definition) is 9. The first-order valence-electron chi connectivity index (χ1n) is 11.6. The molecule has 0 unspecified atom stereocenters. The van der Waals surface area contributed by atoms with Gasteiger partial charge in [-0.2, -0.15) is 0 Å². The van der Waals surface area contributed by atoms with Gasteiger partial charge in [0.1, 0.15) is 0 Å². The van der Waals surface area contributed by atoms with Crippen LogP contribution in [0.1, 0.15) is 26.7 Å². The molecule has 0 radical (unpaired) electrons. The molecule has 9 heteroatoms. The van der Waals surface area contributed by atoms with Gasteiger partial charge in [0.25, 0.3) is 0 Å². The van der Waals surface area contributed by atoms with Gasteiger partial charge in [-0.15, -0.1) is 0 Å². The van der Waals surface area contributed by atoms with Crippen molar-refractivity contribution in [1.29, 1.82) is 0 Å². The summed E-state index contributed by atoms with van der Waals surface area (Å²) in [7, 11) is 0. The van der Waals surface area contributed by atoms with Gasteiger partial charge in [-0.25, -0.2) is 0 Å². The molecule has 0 N–H and O–H groups in total. The van der Waals surface area contributed by atoms with E-state index in [1.807, 2.05) is 0 Å². The average molecular weight is 455 g/mol. The molecular formula is C22H46O9. The highest BCUT2D eigenvalue weighted by atomic mass is 16.6. The van der Waals surface area contributed by atoms with Crippen LogP contribution in [0.3, 0.4) is 0 Å². The highest BCUT2D eigenvalue weighted by Crippen LogP contribution is 1.86. The fourth-order valence-corrected chi connectivity index (χ4v) is 2.15. The van der Waals surface area contributed by atoms with Crippen LogP contribution in [0.25, 0.3) is 0 Å². The number of ether oxygens (including phenoxy) is 9. The first kappa shape index (κ1) is 30.6. The highest BCUT2D eigenvalue weighted by molar-refractivity contribution is 4.38. The fraction of sp³-hybridized carbons (Fsp3) is 1.00. The summed E-state index contributed by atoms with van der Waals surface area (Å²) >= 11 is 0. The molecule has 0 saturated heterocycles. The van der Waals surface area contributed by atoms with Crippen LogP contribution in [-0.4, -0.2) is 119 Å². The van der Waals surface area contributed by atoms with Crippen LogP contribution >= 0.6 is 0 Å². The summed E-state index contributed by atoms with van der Waals surface area (Å²) in [6.07, 6.45) is 2.06. The minimum absolute atomic E-state index is 0.542. The fourth-order valence-electron chi connectivity index (χ4n) is 2.15. The van der Waals surface area contributed by atoms with E-state index in [1.165, 1.54) is 0 Å². The van der Waals surface area contributed by atoms with E-state index in [-0.39, 0.29) is 0 Å². The molecule has 188 valence electrons. The van der Waals surface area contributed by atoms with Gasteiger partial charge in [-0.3, -0.25) is 0 Å². The Hall–Kier alpha value is -0.360. The summed E-state index contributed by atoms with van der Waals surface area (Å²) < 4.78 is 48.5. The SMILES string of the molecule is CCCOCCOCCOCCOCCOCCOCCOCCOCCOCCC. The van der Waals surface area contributed by atoms with Crippen LogP contribution in [0.4, 0.5) is 0 Å². The van der Waals surface area contributed by atoms with E-state index < -0.39 is 0 Å². The molecule has 0 aromatic heterocycles. The Morgan fingerprint density at radius 1 is 0.226 bits per heavy atom. The largest absolute Gasteiger partial charge is 0.379 e. The van der Waals surface area contributed by atoms with Crippen LogP contribution in [0, 0.1) is 0 Å². The molecule has 0 saturated carbocycles. The summed E-state index contributed by atoms with van der Waals surface area (Å²) in [5.41, 5.74) is 0. The number of hydrogen-bond donors (Lipinski definition) is 0. The van der Waals surface area contributed by atoms with E-state index in [2.05, 4.69) is 13.8 Å². The van der Waals surface area contributed by atoms with Crippen molar-refractivity contribution in [3.63, 3.8) is 0 Å². The number of rotatable bonds is 28. The molecule has 0 aromatic carbocycles. The van der Waals surface area contributed by atoms with Crippen LogP contribution in [-0.2, 0) is 42.6 Å². The van der Waals surface area contributed by atoms with E-state index in [9.17, 15) is 0 Å². The Kier molecular flexibility index (Phi) is 29.3. The third-order valence-corrected chi connectivity index (χ3v) is 3.67. The second-order valence-corrected chi connectivity index (χ2v) is 6.51. The highest BCUT2D eigenvalue weighted by Gasteiger charge is 1.95. The second-order valence-electron chi connectivity index (χ2n) is 6.51. The van der Waals surface area contributed by atoms with Crippen molar-refractivity contribution in [3.05, 3.63) is 0 Å². The Bertz CT molecular complexity index is 281. The van der Waals surface area contributed by atoms with E-state index >= 15 is 0 Å². The monoisotopic (exact) mass is 454 g/mol. The molecule has 0 fully saturated rings. The lowest BCUT2D eigenvalue weighted by molar-refractivity contribution is -0.0249. The maximum absolute atomic E-state index is 5.44. The summed E-state index contributed by atoms with van der Waals surface area (Å²) in [6.45, 7) is 14.9. The summed E-state index contributed by atoms with van der Waals surface area (Å²) in [6, 6.07) is 0. The maximum Gasteiger partial charge on any atom is 0.0701 e. The van der Waals surface area contributed by atoms with Crippen molar-refractivity contribution in [2.75, 3.05) is 119 Å². The normalized spacial score (nSPS) is 11.4. The van der Waals surface area contributed by atoms with Crippen molar-refractivity contribution in [1.82, 2.24) is 0 Å². The van der Waals surface area contributed by atoms with Gasteiger partial charge >= 0.3 is 0 Å². The zero-order valence-corrected chi connectivity index (χ0v) is 19.8. The molecule has 0 heterocycles. The van der Waals surface area contributed by atoms with Crippen LogP contribution in [0.2, 0.25) is 0 Å². The van der Waals surface area contributed by atoms with Crippen molar-refractivity contribution in [3.8, 4) is 0 Å². The zero-order valence-electron chi connectivity index (χ0n) is 19.8. The van der Waals surface area contributed by atoms with Crippen molar-refractivity contribution < 1.29 is 42.6 Å². The van der Waals surface area contributed by atoms with Crippen molar-refractivity contribution in [2.45, 2.75) is 26.7 Å². The Morgan fingerprint density at radius 2 is 0.355 bits per heavy atom. The molecular weight excluding hydrogens is 408 g/mol. The van der Waals surface area contributed by atoms with E-state index in [0.29, 0.717) is 106 Å². The summed E-state index contributed by atoms with van der Waals surface area (Å²) in [5.74, 6) is 0. The Morgan fingerprint density at radius 3 is 0.484 bits per heavy atom. The first-order valence-corrected chi connectivity index (χ1v) is 11.6. The van der Waals surface area contributed by atoms with Crippen LogP contribution < -0.4 is 0 Å². The lowest BCUT2D eigenvalue weighted by Gasteiger charge is -2.08. The molecule has 0 atom stereocenters. The topological polar surface area (TPSA) is 83.1 Å². The second kappa shape index (κ2) is 29.6. The van der Waals surface area contributed by atoms with Crippen molar-refractivity contribution in [2.24, 2.45) is 0 Å². The lowest BCUT2D eigenvalue weighted by atomic mass is 10.5. The van der Waals surface area contributed by atoms with Crippen LogP contribution in [0.5, 0.6) is 0 Å². The third kappa shape index (κ3) is 29.6. The van der Waals surface area contributed by atoms with Gasteiger partial charge < -0.3 is 42.6 Å². The molecule has 0 aromatic rings. The molecule has 0 rings (SSSR count). The molecule has 0 aliphatic rings. The maximum atomic E-state index is 5.44. The molecule has 9 nitrogen and oxygen atoms in total. The smallest absolute Gasteiger partial charge is 0.0701 e. The molecule has 31 heavy (non-hydrogen) atoms. The van der Waals surface area contributed by atoms with Crippen molar-refractivity contribution >= 4 is 0 Å². The van der Waals surface area contributed by atoms with Gasteiger partial charge in [-0.05, 0) is 12.8 Å². The standard InChI is InChI=1S/C22H46O9/c1-3-5-23-7-9-25-11-13-27-15-17-29-19-21-31-22-20-30-18-16-28-14-12-26-10-8-24-6-4-2/h3-22H2,1-2H3. The average Bonchev–Trinajstić information content (AvgIpc) is 2.78. The van der Waals surface area contributed by atoms with E-state index in [1.54, 1.807) is 0 Å². The van der Waals surface area contributed by atoms with E-state index in [0.717, 1.165) is 26.1 Å². The van der Waals surface area contributed by atoms with Gasteiger partial charge in [-0.1, -0.05) is 13.8 Å².